The average Bonchev–Trinajstić information content (AvgIpc) is 3.22. The van der Waals surface area contributed by atoms with Crippen molar-refractivity contribution in [3.05, 3.63) is 182 Å². The molecule has 11 rings (SSSR count). The first kappa shape index (κ1) is 28.9. The summed E-state index contributed by atoms with van der Waals surface area (Å²) in [5, 5.41) is 12.1. The first-order valence-corrected chi connectivity index (χ1v) is 17.8. The van der Waals surface area contributed by atoms with E-state index in [0.717, 1.165) is 38.4 Å². The Labute approximate surface area is 300 Å². The molecule has 2 nitrogen and oxygen atoms in total. The van der Waals surface area contributed by atoms with Crippen molar-refractivity contribution in [1.29, 1.82) is 0 Å². The van der Waals surface area contributed by atoms with Gasteiger partial charge < -0.3 is 0 Å². The minimum absolute atomic E-state index is 0.903. The monoisotopic (exact) mass is 658 g/mol. The molecule has 0 amide bonds. The fraction of sp³-hybridized carbons (Fsp3) is 0. The summed E-state index contributed by atoms with van der Waals surface area (Å²) in [6, 6.07) is 65.8. The van der Waals surface area contributed by atoms with Crippen LogP contribution in [0.3, 0.4) is 0 Å². The molecule has 11 aromatic rings. The highest BCUT2D eigenvalue weighted by Crippen LogP contribution is 2.39. The van der Waals surface area contributed by atoms with Crippen LogP contribution in [0.25, 0.3) is 109 Å². The van der Waals surface area contributed by atoms with E-state index in [1.165, 1.54) is 70.9 Å². The fourth-order valence-corrected chi connectivity index (χ4v) is 8.21. The van der Waals surface area contributed by atoms with Gasteiger partial charge in [-0.3, -0.25) is 0 Å². The zero-order valence-electron chi connectivity index (χ0n) is 28.2. The van der Waals surface area contributed by atoms with Crippen LogP contribution in [0.1, 0.15) is 0 Å². The van der Waals surface area contributed by atoms with Crippen LogP contribution in [0.4, 0.5) is 0 Å². The second kappa shape index (κ2) is 11.3. The van der Waals surface area contributed by atoms with Gasteiger partial charge in [0.05, 0.1) is 22.1 Å². The molecule has 0 aliphatic rings. The Morgan fingerprint density at radius 2 is 0.731 bits per heavy atom. The third-order valence-corrected chi connectivity index (χ3v) is 10.8. The topological polar surface area (TPSA) is 25.8 Å². The van der Waals surface area contributed by atoms with E-state index in [2.05, 4.69) is 182 Å². The highest BCUT2D eigenvalue weighted by Gasteiger charge is 2.14. The van der Waals surface area contributed by atoms with Crippen molar-refractivity contribution in [2.45, 2.75) is 0 Å². The lowest BCUT2D eigenvalue weighted by Crippen LogP contribution is -1.92. The van der Waals surface area contributed by atoms with Crippen molar-refractivity contribution in [3.63, 3.8) is 0 Å². The van der Waals surface area contributed by atoms with Gasteiger partial charge in [0.15, 0.2) is 0 Å². The largest absolute Gasteiger partial charge is 0.244 e. The van der Waals surface area contributed by atoms with Crippen LogP contribution in [0.15, 0.2) is 182 Å². The lowest BCUT2D eigenvalue weighted by atomic mass is 9.90. The summed E-state index contributed by atoms with van der Waals surface area (Å²) >= 11 is 0. The molecule has 0 saturated heterocycles. The summed E-state index contributed by atoms with van der Waals surface area (Å²) in [6.45, 7) is 0. The van der Waals surface area contributed by atoms with Crippen molar-refractivity contribution in [2.75, 3.05) is 0 Å². The normalized spacial score (nSPS) is 11.8. The molecule has 240 valence electrons. The van der Waals surface area contributed by atoms with E-state index >= 15 is 0 Å². The maximum absolute atomic E-state index is 5.26. The van der Waals surface area contributed by atoms with E-state index in [9.17, 15) is 0 Å². The van der Waals surface area contributed by atoms with Gasteiger partial charge in [-0.1, -0.05) is 146 Å². The second-order valence-electron chi connectivity index (χ2n) is 13.8. The Balaban J connectivity index is 1.02. The van der Waals surface area contributed by atoms with E-state index < -0.39 is 0 Å². The lowest BCUT2D eigenvalue weighted by Gasteiger charge is -2.14. The van der Waals surface area contributed by atoms with Gasteiger partial charge in [-0.2, -0.15) is 0 Å². The molecule has 0 saturated carbocycles. The summed E-state index contributed by atoms with van der Waals surface area (Å²) < 4.78 is 0. The molecular weight excluding hydrogens is 629 g/mol. The minimum atomic E-state index is 0.903. The van der Waals surface area contributed by atoms with Crippen LogP contribution in [0.5, 0.6) is 0 Å². The molecule has 0 unspecified atom stereocenters. The van der Waals surface area contributed by atoms with Gasteiger partial charge in [-0.15, -0.1) is 0 Å². The van der Waals surface area contributed by atoms with Gasteiger partial charge >= 0.3 is 0 Å². The Kier molecular flexibility index (Phi) is 6.28. The third-order valence-electron chi connectivity index (χ3n) is 10.8. The van der Waals surface area contributed by atoms with Gasteiger partial charge in [0.25, 0.3) is 0 Å². The molecular formula is C50H30N2. The minimum Gasteiger partial charge on any atom is -0.244 e. The predicted octanol–water partition coefficient (Wildman–Crippen LogP) is 13.5. The molecule has 0 atom stereocenters. The number of benzene rings is 10. The Hall–Kier alpha value is -6.90. The van der Waals surface area contributed by atoms with E-state index in [4.69, 9.17) is 9.97 Å². The van der Waals surface area contributed by atoms with Crippen LogP contribution in [-0.2, 0) is 0 Å². The van der Waals surface area contributed by atoms with Gasteiger partial charge in [0.1, 0.15) is 0 Å². The lowest BCUT2D eigenvalue weighted by molar-refractivity contribution is 1.42. The second-order valence-corrected chi connectivity index (χ2v) is 13.8. The molecule has 0 bridgehead atoms. The van der Waals surface area contributed by atoms with Crippen LogP contribution >= 0.6 is 0 Å². The quantitative estimate of drug-likeness (QED) is 0.139. The highest BCUT2D eigenvalue weighted by molar-refractivity contribution is 6.24. The number of hydrogen-bond donors (Lipinski definition) is 0. The first-order chi connectivity index (χ1) is 25.7. The Morgan fingerprint density at radius 3 is 1.38 bits per heavy atom. The molecule has 0 aliphatic heterocycles. The van der Waals surface area contributed by atoms with Gasteiger partial charge in [-0.05, 0) is 113 Å². The van der Waals surface area contributed by atoms with Gasteiger partial charge in [-0.25, -0.2) is 9.97 Å². The average molecular weight is 659 g/mol. The first-order valence-electron chi connectivity index (χ1n) is 17.8. The molecule has 1 aromatic heterocycles. The van der Waals surface area contributed by atoms with Crippen molar-refractivity contribution in [2.24, 2.45) is 0 Å². The molecule has 0 spiro atoms. The Bertz CT molecular complexity index is 3230. The third kappa shape index (κ3) is 4.51. The molecule has 0 fully saturated rings. The summed E-state index contributed by atoms with van der Waals surface area (Å²) in [5.41, 5.74) is 10.9. The Morgan fingerprint density at radius 1 is 0.250 bits per heavy atom. The molecule has 1 heterocycles. The number of nitrogens with zero attached hydrogens (tertiary/aromatic N) is 2. The van der Waals surface area contributed by atoms with Crippen LogP contribution in [0.2, 0.25) is 0 Å². The molecule has 10 aromatic carbocycles. The zero-order chi connectivity index (χ0) is 34.2. The number of aromatic nitrogens is 2. The summed E-state index contributed by atoms with van der Waals surface area (Å²) in [4.78, 5) is 10.4. The SMILES string of the molecule is c1ccc(-c2cc3ccccc3cc2-c2ccc3c(ccc4cc(-c5ccc6nc7c8ccccc8c8ccccc8c7nc6c5)ccc43)c2)cc1. The molecule has 0 aliphatic carbocycles. The summed E-state index contributed by atoms with van der Waals surface area (Å²) in [5.74, 6) is 0. The smallest absolute Gasteiger partial charge is 0.0979 e. The maximum Gasteiger partial charge on any atom is 0.0979 e. The van der Waals surface area contributed by atoms with E-state index in [1.807, 2.05) is 0 Å². The summed E-state index contributed by atoms with van der Waals surface area (Å²) in [7, 11) is 0. The number of fused-ring (bicyclic) bond motifs is 11. The molecule has 0 N–H and O–H groups in total. The van der Waals surface area contributed by atoms with Crippen molar-refractivity contribution in [1.82, 2.24) is 9.97 Å². The maximum atomic E-state index is 5.26. The van der Waals surface area contributed by atoms with Crippen LogP contribution in [-0.4, -0.2) is 9.97 Å². The zero-order valence-corrected chi connectivity index (χ0v) is 28.2. The van der Waals surface area contributed by atoms with Gasteiger partial charge in [0.2, 0.25) is 0 Å². The van der Waals surface area contributed by atoms with E-state index in [0.29, 0.717) is 0 Å². The standard InChI is InChI=1S/C50H30N2/c1-2-10-31(11-3-1)45-28-32-12-4-5-13-33(32)29-46(45)38-21-24-40-37(27-38)19-18-36-26-34(20-23-39(36)40)35-22-25-47-48(30-35)52-50-44-17-9-7-15-42(44)41-14-6-8-16-43(41)49(50)51-47/h1-30H. The molecule has 0 radical (unpaired) electrons. The number of hydrogen-bond acceptors (Lipinski definition) is 2. The predicted molar refractivity (Wildman–Crippen MR) is 221 cm³/mol. The van der Waals surface area contributed by atoms with Crippen LogP contribution in [0, 0.1) is 0 Å². The van der Waals surface area contributed by atoms with E-state index in [1.54, 1.807) is 0 Å². The molecule has 2 heteroatoms. The van der Waals surface area contributed by atoms with Crippen molar-refractivity contribution in [3.8, 4) is 33.4 Å². The van der Waals surface area contributed by atoms with Crippen molar-refractivity contribution >= 4 is 75.9 Å². The van der Waals surface area contributed by atoms with E-state index in [-0.39, 0.29) is 0 Å². The summed E-state index contributed by atoms with van der Waals surface area (Å²) in [6.07, 6.45) is 0. The van der Waals surface area contributed by atoms with Crippen LogP contribution < -0.4 is 0 Å². The fourth-order valence-electron chi connectivity index (χ4n) is 8.21. The van der Waals surface area contributed by atoms with Gasteiger partial charge in [0, 0.05) is 10.8 Å². The highest BCUT2D eigenvalue weighted by atomic mass is 14.8. The molecule has 52 heavy (non-hydrogen) atoms. The number of rotatable bonds is 3. The van der Waals surface area contributed by atoms with Crippen molar-refractivity contribution < 1.29 is 0 Å².